The number of hydrogen-bond acceptors (Lipinski definition) is 5. The lowest BCUT2D eigenvalue weighted by atomic mass is 10.1. The molecule has 1 aromatic heterocycles. The van der Waals surface area contributed by atoms with Gasteiger partial charge in [0.2, 0.25) is 5.75 Å². The molecule has 0 aliphatic rings. The Balaban J connectivity index is 2.06. The predicted molar refractivity (Wildman–Crippen MR) is 127 cm³/mol. The number of unbranched alkanes of at least 4 members (excludes halogenated alkanes) is 7. The fourth-order valence-corrected chi connectivity index (χ4v) is 3.51. The number of hydrogen-bond donors (Lipinski definition) is 0. The number of benzene rings is 1. The van der Waals surface area contributed by atoms with Crippen molar-refractivity contribution in [3.05, 3.63) is 40.8 Å². The van der Waals surface area contributed by atoms with Gasteiger partial charge in [0, 0.05) is 0 Å². The Morgan fingerprint density at radius 2 is 1.58 bits per heavy atom. The fraction of sp³-hybridized carbons (Fsp3) is 0.577. The van der Waals surface area contributed by atoms with Crippen LogP contribution in [0.2, 0.25) is 0 Å². The van der Waals surface area contributed by atoms with Crippen molar-refractivity contribution in [1.82, 2.24) is 0 Å². The van der Waals surface area contributed by atoms with Gasteiger partial charge in [-0.25, -0.2) is 4.79 Å². The highest BCUT2D eigenvalue weighted by Gasteiger charge is 2.20. The summed E-state index contributed by atoms with van der Waals surface area (Å²) < 4.78 is 22.8. The highest BCUT2D eigenvalue weighted by atomic mass is 16.5. The number of fused-ring (bicyclic) bond motifs is 1. The first-order chi connectivity index (χ1) is 15.2. The summed E-state index contributed by atoms with van der Waals surface area (Å²) in [7, 11) is 1.56. The zero-order valence-corrected chi connectivity index (χ0v) is 19.4. The number of ether oxygens (including phenoxy) is 3. The average Bonchev–Trinajstić information content (AvgIpc) is 2.78. The van der Waals surface area contributed by atoms with E-state index in [2.05, 4.69) is 19.9 Å². The summed E-state index contributed by atoms with van der Waals surface area (Å²) in [6.07, 6.45) is 15.6. The zero-order chi connectivity index (χ0) is 22.3. The van der Waals surface area contributed by atoms with Crippen LogP contribution in [0.15, 0.2) is 39.6 Å². The van der Waals surface area contributed by atoms with Gasteiger partial charge in [-0.15, -0.1) is 0 Å². The van der Waals surface area contributed by atoms with E-state index in [-0.39, 0.29) is 5.75 Å². The summed E-state index contributed by atoms with van der Waals surface area (Å²) in [5, 5.41) is 0.692. The highest BCUT2D eigenvalue weighted by molar-refractivity contribution is 5.89. The van der Waals surface area contributed by atoms with E-state index in [1.807, 2.05) is 18.2 Å². The van der Waals surface area contributed by atoms with Crippen LogP contribution in [0.3, 0.4) is 0 Å². The largest absolute Gasteiger partial charge is 0.493 e. The molecule has 1 aromatic carbocycles. The summed E-state index contributed by atoms with van der Waals surface area (Å²) in [6.45, 7) is 5.25. The van der Waals surface area contributed by atoms with Gasteiger partial charge in [-0.3, -0.25) is 0 Å². The van der Waals surface area contributed by atoms with E-state index in [0.29, 0.717) is 35.7 Å². The molecule has 0 aliphatic carbocycles. The Morgan fingerprint density at radius 1 is 0.871 bits per heavy atom. The minimum atomic E-state index is -0.539. The van der Waals surface area contributed by atoms with E-state index in [9.17, 15) is 4.79 Å². The van der Waals surface area contributed by atoms with Crippen LogP contribution >= 0.6 is 0 Å². The van der Waals surface area contributed by atoms with Gasteiger partial charge in [0.05, 0.1) is 25.7 Å². The van der Waals surface area contributed by atoms with Crippen molar-refractivity contribution in [2.24, 2.45) is 0 Å². The van der Waals surface area contributed by atoms with Crippen LogP contribution in [0, 0.1) is 0 Å². The molecule has 0 fully saturated rings. The molecule has 0 unspecified atom stereocenters. The van der Waals surface area contributed by atoms with Crippen molar-refractivity contribution in [3.8, 4) is 17.2 Å². The summed E-state index contributed by atoms with van der Waals surface area (Å²) in [6, 6.07) is 5.50. The van der Waals surface area contributed by atoms with Crippen molar-refractivity contribution < 1.29 is 18.6 Å². The monoisotopic (exact) mass is 430 g/mol. The van der Waals surface area contributed by atoms with Gasteiger partial charge in [0.1, 0.15) is 0 Å². The minimum Gasteiger partial charge on any atom is -0.493 e. The van der Waals surface area contributed by atoms with Crippen LogP contribution in [0.5, 0.6) is 17.2 Å². The molecule has 0 aliphatic heterocycles. The molecule has 0 amide bonds. The van der Waals surface area contributed by atoms with E-state index in [1.165, 1.54) is 38.5 Å². The zero-order valence-electron chi connectivity index (χ0n) is 19.4. The number of allylic oxidation sites excluding steroid dienone is 1. The van der Waals surface area contributed by atoms with E-state index in [1.54, 1.807) is 13.2 Å². The number of methoxy groups -OCH3 is 1. The van der Waals surface area contributed by atoms with E-state index in [0.717, 1.165) is 25.7 Å². The molecular formula is C26H38O5. The quantitative estimate of drug-likeness (QED) is 0.162. The van der Waals surface area contributed by atoms with Crippen molar-refractivity contribution >= 4 is 11.0 Å². The first kappa shape index (κ1) is 24.8. The molecule has 5 heteroatoms. The topological polar surface area (TPSA) is 57.9 Å². The second kappa shape index (κ2) is 14.6. The van der Waals surface area contributed by atoms with Crippen molar-refractivity contribution in [3.63, 3.8) is 0 Å². The lowest BCUT2D eigenvalue weighted by Crippen LogP contribution is -2.12. The summed E-state index contributed by atoms with van der Waals surface area (Å²) in [4.78, 5) is 12.7. The maximum atomic E-state index is 12.7. The number of para-hydroxylation sites is 1. The van der Waals surface area contributed by atoms with E-state index >= 15 is 0 Å². The van der Waals surface area contributed by atoms with Gasteiger partial charge in [-0.05, 0) is 31.4 Å². The van der Waals surface area contributed by atoms with Gasteiger partial charge in [0.15, 0.2) is 17.1 Å². The average molecular weight is 431 g/mol. The molecule has 0 saturated carbocycles. The SMILES string of the molecule is CCC=CCCOc1c(OCCCCCCCCCC)c2cccc(OC)c2oc1=O. The first-order valence-electron chi connectivity index (χ1n) is 11.8. The number of rotatable bonds is 16. The molecule has 0 N–H and O–H groups in total. The fourth-order valence-electron chi connectivity index (χ4n) is 3.51. The maximum Gasteiger partial charge on any atom is 0.383 e. The lowest BCUT2D eigenvalue weighted by Gasteiger charge is -2.14. The van der Waals surface area contributed by atoms with Crippen LogP contribution < -0.4 is 19.8 Å². The standard InChI is InChI=1S/C26H38O5/c1-4-6-8-10-11-12-13-15-19-29-24-21-17-16-18-22(28-3)23(21)31-26(27)25(24)30-20-14-9-7-5-2/h7,9,16-18H,4-6,8,10-15,19-20H2,1-3H3. The molecule has 2 aromatic rings. The molecule has 172 valence electrons. The molecule has 0 bridgehead atoms. The Morgan fingerprint density at radius 3 is 2.29 bits per heavy atom. The smallest absolute Gasteiger partial charge is 0.383 e. The van der Waals surface area contributed by atoms with Crippen molar-refractivity contribution in [2.45, 2.75) is 78.1 Å². The Bertz CT molecular complexity index is 853. The Kier molecular flexibility index (Phi) is 11.7. The summed E-state index contributed by atoms with van der Waals surface area (Å²) in [5.41, 5.74) is -0.151. The predicted octanol–water partition coefficient (Wildman–Crippen LogP) is 7.06. The highest BCUT2D eigenvalue weighted by Crippen LogP contribution is 2.37. The molecule has 0 saturated heterocycles. The summed E-state index contributed by atoms with van der Waals surface area (Å²) in [5.74, 6) is 1.10. The molecule has 1 heterocycles. The molecular weight excluding hydrogens is 392 g/mol. The van der Waals surface area contributed by atoms with Crippen LogP contribution in [0.1, 0.15) is 78.1 Å². The first-order valence-corrected chi connectivity index (χ1v) is 11.8. The van der Waals surface area contributed by atoms with E-state index < -0.39 is 5.63 Å². The van der Waals surface area contributed by atoms with Crippen LogP contribution in [0.4, 0.5) is 0 Å². The molecule has 31 heavy (non-hydrogen) atoms. The molecule has 5 nitrogen and oxygen atoms in total. The van der Waals surface area contributed by atoms with Gasteiger partial charge in [-0.1, -0.05) is 77.0 Å². The van der Waals surface area contributed by atoms with Gasteiger partial charge in [0.25, 0.3) is 0 Å². The van der Waals surface area contributed by atoms with Crippen LogP contribution in [-0.2, 0) is 0 Å². The van der Waals surface area contributed by atoms with Crippen LogP contribution in [-0.4, -0.2) is 20.3 Å². The summed E-state index contributed by atoms with van der Waals surface area (Å²) >= 11 is 0. The third-order valence-electron chi connectivity index (χ3n) is 5.21. The normalized spacial score (nSPS) is 11.3. The molecule has 0 radical (unpaired) electrons. The van der Waals surface area contributed by atoms with Gasteiger partial charge >= 0.3 is 5.63 Å². The van der Waals surface area contributed by atoms with E-state index in [4.69, 9.17) is 18.6 Å². The third-order valence-corrected chi connectivity index (χ3v) is 5.21. The van der Waals surface area contributed by atoms with Crippen molar-refractivity contribution in [2.75, 3.05) is 20.3 Å². The van der Waals surface area contributed by atoms with Crippen molar-refractivity contribution in [1.29, 1.82) is 0 Å². The van der Waals surface area contributed by atoms with Gasteiger partial charge < -0.3 is 18.6 Å². The lowest BCUT2D eigenvalue weighted by molar-refractivity contribution is 0.257. The third kappa shape index (κ3) is 7.97. The van der Waals surface area contributed by atoms with Crippen LogP contribution in [0.25, 0.3) is 11.0 Å². The molecule has 0 atom stereocenters. The Labute approximate surface area is 186 Å². The Hall–Kier alpha value is -2.43. The van der Waals surface area contributed by atoms with Gasteiger partial charge in [-0.2, -0.15) is 0 Å². The maximum absolute atomic E-state index is 12.7. The second-order valence-electron chi connectivity index (χ2n) is 7.72. The second-order valence-corrected chi connectivity index (χ2v) is 7.72. The molecule has 2 rings (SSSR count). The molecule has 0 spiro atoms. The minimum absolute atomic E-state index is 0.144.